The maximum Gasteiger partial charge on any atom is 0.338 e. The van der Waals surface area contributed by atoms with Crippen LogP contribution in [0, 0.1) is 10.1 Å². The predicted octanol–water partition coefficient (Wildman–Crippen LogP) is 4.41. The second-order valence-corrected chi connectivity index (χ2v) is 11.3. The summed E-state index contributed by atoms with van der Waals surface area (Å²) in [6.45, 7) is 6.12. The van der Waals surface area contributed by atoms with Crippen molar-refractivity contribution in [1.29, 1.82) is 0 Å². The molecule has 236 valence electrons. The molecule has 1 unspecified atom stereocenters. The van der Waals surface area contributed by atoms with E-state index in [9.17, 15) is 19.7 Å². The van der Waals surface area contributed by atoms with E-state index in [2.05, 4.69) is 4.99 Å². The van der Waals surface area contributed by atoms with Gasteiger partial charge in [-0.05, 0) is 79.9 Å². The molecule has 0 bridgehead atoms. The highest BCUT2D eigenvalue weighted by Crippen LogP contribution is 2.38. The number of ether oxygens (including phenoxy) is 5. The second-order valence-electron chi connectivity index (χ2n) is 10.3. The van der Waals surface area contributed by atoms with Crippen LogP contribution in [0.25, 0.3) is 6.08 Å². The van der Waals surface area contributed by atoms with Gasteiger partial charge in [-0.25, -0.2) is 9.79 Å². The number of hydrogen-bond donors (Lipinski definition) is 0. The van der Waals surface area contributed by atoms with Crippen LogP contribution in [0.15, 0.2) is 81.7 Å². The number of benzene rings is 3. The first-order chi connectivity index (χ1) is 22.3. The summed E-state index contributed by atoms with van der Waals surface area (Å²) >= 11 is 1.21. The number of nitro groups is 1. The minimum atomic E-state index is -0.791. The van der Waals surface area contributed by atoms with Crippen molar-refractivity contribution in [2.24, 2.45) is 4.99 Å². The Morgan fingerprint density at radius 2 is 1.83 bits per heavy atom. The maximum atomic E-state index is 14.0. The van der Waals surface area contributed by atoms with Gasteiger partial charge in [0.05, 0.1) is 40.0 Å². The fourth-order valence-electron chi connectivity index (χ4n) is 5.22. The van der Waals surface area contributed by atoms with Crippen molar-refractivity contribution in [3.8, 4) is 23.0 Å². The van der Waals surface area contributed by atoms with Crippen LogP contribution >= 0.6 is 11.3 Å². The number of fused-ring (bicyclic) bond motifs is 2. The lowest BCUT2D eigenvalue weighted by Gasteiger charge is -2.24. The lowest BCUT2D eigenvalue weighted by atomic mass is 9.95. The summed E-state index contributed by atoms with van der Waals surface area (Å²) < 4.78 is 30.2. The van der Waals surface area contributed by atoms with Crippen molar-refractivity contribution in [3.63, 3.8) is 0 Å². The van der Waals surface area contributed by atoms with Gasteiger partial charge in [-0.2, -0.15) is 0 Å². The van der Waals surface area contributed by atoms with Gasteiger partial charge in [-0.3, -0.25) is 19.5 Å². The minimum Gasteiger partial charge on any atom is -0.490 e. The van der Waals surface area contributed by atoms with Crippen molar-refractivity contribution in [3.05, 3.63) is 118 Å². The van der Waals surface area contributed by atoms with E-state index in [4.69, 9.17) is 23.7 Å². The van der Waals surface area contributed by atoms with E-state index in [0.29, 0.717) is 55.8 Å². The molecule has 0 saturated carbocycles. The van der Waals surface area contributed by atoms with Crippen LogP contribution in [0.4, 0.5) is 5.69 Å². The zero-order valence-corrected chi connectivity index (χ0v) is 26.0. The Kier molecular flexibility index (Phi) is 8.57. The molecule has 3 heterocycles. The van der Waals surface area contributed by atoms with Crippen LogP contribution in [0.2, 0.25) is 0 Å². The van der Waals surface area contributed by atoms with E-state index < -0.39 is 16.9 Å². The Bertz CT molecular complexity index is 2050. The number of esters is 1. The molecule has 0 N–H and O–H groups in total. The standard InChI is InChI=1S/C33H29N3O9S/c1-4-41-26-14-21(8-12-24(26)43-17-20-6-10-23(11-7-20)36(39)40)15-28-31(37)35-30(22-9-13-25-27(16-22)45-18-44-25)29(32(38)42-5-2)19(3)34-33(35)46-28/h6-16,30H,4-5,17-18H2,1-3H3/b28-15-. The highest BCUT2D eigenvalue weighted by molar-refractivity contribution is 7.07. The Balaban J connectivity index is 1.36. The molecule has 0 radical (unpaired) electrons. The van der Waals surface area contributed by atoms with Gasteiger partial charge in [0.1, 0.15) is 6.61 Å². The molecule has 0 aliphatic carbocycles. The Labute approximate surface area is 266 Å². The van der Waals surface area contributed by atoms with Crippen molar-refractivity contribution >= 4 is 29.1 Å². The molecule has 13 heteroatoms. The largest absolute Gasteiger partial charge is 0.490 e. The molecule has 2 aliphatic rings. The molecule has 0 saturated heterocycles. The van der Waals surface area contributed by atoms with Gasteiger partial charge < -0.3 is 23.7 Å². The lowest BCUT2D eigenvalue weighted by Crippen LogP contribution is -2.39. The molecule has 12 nitrogen and oxygen atoms in total. The molecule has 46 heavy (non-hydrogen) atoms. The van der Waals surface area contributed by atoms with E-state index >= 15 is 0 Å². The minimum absolute atomic E-state index is 0.00267. The van der Waals surface area contributed by atoms with Crippen LogP contribution in [0.1, 0.15) is 43.5 Å². The molecular formula is C33H29N3O9S. The summed E-state index contributed by atoms with van der Waals surface area (Å²) in [6.07, 6.45) is 1.74. The molecule has 1 atom stereocenters. The van der Waals surface area contributed by atoms with Crippen molar-refractivity contribution < 1.29 is 33.4 Å². The number of thiazole rings is 1. The van der Waals surface area contributed by atoms with Gasteiger partial charge in [0, 0.05) is 12.1 Å². The molecule has 0 amide bonds. The molecule has 4 aromatic rings. The summed E-state index contributed by atoms with van der Waals surface area (Å²) in [7, 11) is 0. The summed E-state index contributed by atoms with van der Waals surface area (Å²) in [5, 5.41) is 10.9. The van der Waals surface area contributed by atoms with Crippen molar-refractivity contribution in [1.82, 2.24) is 4.57 Å². The number of nitro benzene ring substituents is 1. The SMILES string of the molecule is CCOC(=O)C1=C(C)N=c2s/c(=C\c3ccc(OCc4ccc([N+](=O)[O-])cc4)c(OCC)c3)c(=O)n2C1c1ccc2c(c1)OCO2. The first-order valence-electron chi connectivity index (χ1n) is 14.5. The molecule has 3 aromatic carbocycles. The summed E-state index contributed by atoms with van der Waals surface area (Å²) in [4.78, 5) is 42.8. The summed E-state index contributed by atoms with van der Waals surface area (Å²) in [5.41, 5.74) is 2.52. The van der Waals surface area contributed by atoms with Crippen molar-refractivity contribution in [2.75, 3.05) is 20.0 Å². The number of carbonyl (C=O) groups excluding carboxylic acids is 1. The van der Waals surface area contributed by atoms with Gasteiger partial charge >= 0.3 is 5.97 Å². The van der Waals surface area contributed by atoms with Gasteiger partial charge in [-0.15, -0.1) is 0 Å². The molecule has 1 aromatic heterocycles. The predicted molar refractivity (Wildman–Crippen MR) is 168 cm³/mol. The van der Waals surface area contributed by atoms with Gasteiger partial charge in [0.25, 0.3) is 11.2 Å². The van der Waals surface area contributed by atoms with Crippen LogP contribution in [0.3, 0.4) is 0 Å². The van der Waals surface area contributed by atoms with E-state index in [1.165, 1.54) is 28.0 Å². The zero-order valence-electron chi connectivity index (χ0n) is 25.2. The third-order valence-electron chi connectivity index (χ3n) is 7.34. The van der Waals surface area contributed by atoms with Crippen LogP contribution in [-0.4, -0.2) is 35.5 Å². The number of carbonyl (C=O) groups is 1. The third-order valence-corrected chi connectivity index (χ3v) is 8.32. The normalized spacial score (nSPS) is 15.3. The number of non-ortho nitro benzene ring substituents is 1. The number of aromatic nitrogens is 1. The number of rotatable bonds is 10. The fraction of sp³-hybridized carbons (Fsp3) is 0.242. The van der Waals surface area contributed by atoms with E-state index in [1.807, 2.05) is 6.92 Å². The van der Waals surface area contributed by atoms with E-state index in [1.54, 1.807) is 68.5 Å². The average molecular weight is 644 g/mol. The van der Waals surface area contributed by atoms with Crippen LogP contribution in [0.5, 0.6) is 23.0 Å². The Hall–Kier alpha value is -5.43. The molecule has 6 rings (SSSR count). The first kappa shape index (κ1) is 30.6. The molecule has 0 fully saturated rings. The van der Waals surface area contributed by atoms with Crippen LogP contribution in [-0.2, 0) is 16.1 Å². The lowest BCUT2D eigenvalue weighted by molar-refractivity contribution is -0.384. The first-order valence-corrected chi connectivity index (χ1v) is 15.3. The number of hydrogen-bond acceptors (Lipinski definition) is 11. The van der Waals surface area contributed by atoms with Gasteiger partial charge in [0.2, 0.25) is 6.79 Å². The summed E-state index contributed by atoms with van der Waals surface area (Å²) in [5.74, 6) is 1.52. The fourth-order valence-corrected chi connectivity index (χ4v) is 6.27. The van der Waals surface area contributed by atoms with E-state index in [-0.39, 0.29) is 36.8 Å². The Morgan fingerprint density at radius 3 is 2.57 bits per heavy atom. The maximum absolute atomic E-state index is 14.0. The third kappa shape index (κ3) is 5.96. The number of allylic oxidation sites excluding steroid dienone is 1. The highest BCUT2D eigenvalue weighted by Gasteiger charge is 2.34. The smallest absolute Gasteiger partial charge is 0.338 e. The average Bonchev–Trinajstić information content (AvgIpc) is 3.63. The van der Waals surface area contributed by atoms with Crippen LogP contribution < -0.4 is 33.8 Å². The van der Waals surface area contributed by atoms with E-state index in [0.717, 1.165) is 5.56 Å². The highest BCUT2D eigenvalue weighted by atomic mass is 32.1. The van der Waals surface area contributed by atoms with Crippen molar-refractivity contribution in [2.45, 2.75) is 33.4 Å². The Morgan fingerprint density at radius 1 is 1.04 bits per heavy atom. The van der Waals surface area contributed by atoms with Gasteiger partial charge in [0.15, 0.2) is 27.8 Å². The number of nitrogens with zero attached hydrogens (tertiary/aromatic N) is 3. The quantitative estimate of drug-likeness (QED) is 0.140. The molecular weight excluding hydrogens is 614 g/mol. The van der Waals surface area contributed by atoms with Gasteiger partial charge in [-0.1, -0.05) is 23.5 Å². The summed E-state index contributed by atoms with van der Waals surface area (Å²) in [6, 6.07) is 16.0. The molecule has 2 aliphatic heterocycles. The monoisotopic (exact) mass is 643 g/mol. The topological polar surface area (TPSA) is 141 Å². The second kappa shape index (κ2) is 12.9. The molecule has 0 spiro atoms. The zero-order chi connectivity index (χ0) is 32.4.